The van der Waals surface area contributed by atoms with E-state index in [1.165, 1.54) is 4.31 Å². The summed E-state index contributed by atoms with van der Waals surface area (Å²) in [5, 5.41) is 0. The SMILES string of the molecule is Nc1cc(Br)cc(Br)c1S(=O)(=O)N1CCCC1. The van der Waals surface area contributed by atoms with E-state index in [1.807, 2.05) is 0 Å². The fourth-order valence-electron chi connectivity index (χ4n) is 1.91. The molecule has 1 aromatic carbocycles. The zero-order valence-electron chi connectivity index (χ0n) is 8.99. The van der Waals surface area contributed by atoms with Crippen molar-refractivity contribution in [3.8, 4) is 0 Å². The van der Waals surface area contributed by atoms with Gasteiger partial charge in [0.05, 0.1) is 5.69 Å². The Bertz CT molecular complexity index is 516. The molecule has 0 aromatic heterocycles. The van der Waals surface area contributed by atoms with Crippen molar-refractivity contribution in [1.29, 1.82) is 0 Å². The molecule has 0 unspecified atom stereocenters. The zero-order chi connectivity index (χ0) is 12.6. The predicted octanol–water partition coefficient (Wildman–Crippen LogP) is 2.58. The summed E-state index contributed by atoms with van der Waals surface area (Å²) in [6.45, 7) is 1.15. The van der Waals surface area contributed by atoms with Crippen LogP contribution in [0.1, 0.15) is 12.8 Å². The van der Waals surface area contributed by atoms with E-state index in [2.05, 4.69) is 31.9 Å². The van der Waals surface area contributed by atoms with Gasteiger partial charge in [0.2, 0.25) is 10.0 Å². The Morgan fingerprint density at radius 3 is 2.29 bits per heavy atom. The van der Waals surface area contributed by atoms with Crippen LogP contribution in [0.15, 0.2) is 26.0 Å². The van der Waals surface area contributed by atoms with Gasteiger partial charge in [0, 0.05) is 22.0 Å². The summed E-state index contributed by atoms with van der Waals surface area (Å²) in [5.41, 5.74) is 6.07. The van der Waals surface area contributed by atoms with Crippen LogP contribution in [0.25, 0.3) is 0 Å². The van der Waals surface area contributed by atoms with Crippen molar-refractivity contribution >= 4 is 47.6 Å². The van der Waals surface area contributed by atoms with Crippen LogP contribution < -0.4 is 5.73 Å². The highest BCUT2D eigenvalue weighted by atomic mass is 79.9. The van der Waals surface area contributed by atoms with Crippen molar-refractivity contribution in [1.82, 2.24) is 4.31 Å². The number of benzene rings is 1. The van der Waals surface area contributed by atoms with E-state index in [4.69, 9.17) is 5.73 Å². The summed E-state index contributed by atoms with van der Waals surface area (Å²) in [4.78, 5) is 0.169. The lowest BCUT2D eigenvalue weighted by Gasteiger charge is -2.18. The van der Waals surface area contributed by atoms with E-state index in [9.17, 15) is 8.42 Å². The first kappa shape index (κ1) is 13.3. The summed E-state index contributed by atoms with van der Waals surface area (Å²) >= 11 is 6.54. The molecule has 7 heteroatoms. The quantitative estimate of drug-likeness (QED) is 0.798. The second kappa shape index (κ2) is 4.87. The summed E-state index contributed by atoms with van der Waals surface area (Å²) in [6.07, 6.45) is 1.82. The molecule has 0 radical (unpaired) electrons. The van der Waals surface area contributed by atoms with Crippen LogP contribution >= 0.6 is 31.9 Å². The number of nitrogens with zero attached hydrogens (tertiary/aromatic N) is 1. The van der Waals surface area contributed by atoms with Crippen molar-refractivity contribution in [2.24, 2.45) is 0 Å². The molecule has 2 rings (SSSR count). The number of halogens is 2. The van der Waals surface area contributed by atoms with E-state index in [1.54, 1.807) is 12.1 Å². The summed E-state index contributed by atoms with van der Waals surface area (Å²) < 4.78 is 27.5. The van der Waals surface area contributed by atoms with Crippen LogP contribution in [-0.4, -0.2) is 25.8 Å². The molecule has 1 saturated heterocycles. The summed E-state index contributed by atoms with van der Waals surface area (Å²) in [7, 11) is -3.48. The Morgan fingerprint density at radius 2 is 1.76 bits per heavy atom. The molecule has 0 amide bonds. The van der Waals surface area contributed by atoms with Gasteiger partial charge in [0.15, 0.2) is 0 Å². The fourth-order valence-corrected chi connectivity index (χ4v) is 5.44. The zero-order valence-corrected chi connectivity index (χ0v) is 13.0. The first-order valence-corrected chi connectivity index (χ1v) is 8.20. The molecule has 0 atom stereocenters. The Hall–Kier alpha value is -0.110. The number of nitrogen functional groups attached to an aromatic ring is 1. The number of rotatable bonds is 2. The fraction of sp³-hybridized carbons (Fsp3) is 0.400. The number of sulfonamides is 1. The molecule has 1 aromatic rings. The molecule has 1 aliphatic heterocycles. The minimum absolute atomic E-state index is 0.169. The highest BCUT2D eigenvalue weighted by molar-refractivity contribution is 9.11. The first-order valence-electron chi connectivity index (χ1n) is 5.17. The van der Waals surface area contributed by atoms with Crippen LogP contribution in [-0.2, 0) is 10.0 Å². The lowest BCUT2D eigenvalue weighted by Crippen LogP contribution is -2.28. The molecule has 2 N–H and O–H groups in total. The van der Waals surface area contributed by atoms with Gasteiger partial charge in [-0.3, -0.25) is 0 Å². The molecule has 0 saturated carbocycles. The van der Waals surface area contributed by atoms with Crippen molar-refractivity contribution in [2.45, 2.75) is 17.7 Å². The minimum atomic E-state index is -3.48. The largest absolute Gasteiger partial charge is 0.398 e. The lowest BCUT2D eigenvalue weighted by molar-refractivity contribution is 0.477. The van der Waals surface area contributed by atoms with Crippen LogP contribution in [0.3, 0.4) is 0 Å². The maximum Gasteiger partial charge on any atom is 0.246 e. The monoisotopic (exact) mass is 382 g/mol. The molecule has 17 heavy (non-hydrogen) atoms. The average Bonchev–Trinajstić information content (AvgIpc) is 2.67. The van der Waals surface area contributed by atoms with Crippen molar-refractivity contribution in [3.05, 3.63) is 21.1 Å². The smallest absolute Gasteiger partial charge is 0.246 e. The van der Waals surface area contributed by atoms with Gasteiger partial charge in [-0.1, -0.05) is 15.9 Å². The molecular formula is C10H12Br2N2O2S. The third-order valence-corrected chi connectivity index (χ3v) is 6.06. The van der Waals surface area contributed by atoms with Gasteiger partial charge < -0.3 is 5.73 Å². The molecule has 4 nitrogen and oxygen atoms in total. The Morgan fingerprint density at radius 1 is 1.18 bits per heavy atom. The number of hydrogen-bond donors (Lipinski definition) is 1. The van der Waals surface area contributed by atoms with Gasteiger partial charge in [-0.25, -0.2) is 8.42 Å². The van der Waals surface area contributed by atoms with Gasteiger partial charge >= 0.3 is 0 Å². The van der Waals surface area contributed by atoms with E-state index >= 15 is 0 Å². The Balaban J connectivity index is 2.53. The van der Waals surface area contributed by atoms with E-state index in [-0.39, 0.29) is 10.6 Å². The summed E-state index contributed by atoms with van der Waals surface area (Å²) in [6, 6.07) is 3.30. The van der Waals surface area contributed by atoms with Crippen LogP contribution in [0, 0.1) is 0 Å². The maximum atomic E-state index is 12.4. The van der Waals surface area contributed by atoms with Crippen LogP contribution in [0.4, 0.5) is 5.69 Å². The highest BCUT2D eigenvalue weighted by Crippen LogP contribution is 2.34. The molecule has 1 aliphatic rings. The molecular weight excluding hydrogens is 372 g/mol. The predicted molar refractivity (Wildman–Crippen MR) is 74.2 cm³/mol. The molecule has 0 spiro atoms. The molecule has 0 aliphatic carbocycles. The molecule has 1 heterocycles. The molecule has 1 fully saturated rings. The number of hydrogen-bond acceptors (Lipinski definition) is 3. The third kappa shape index (κ3) is 2.52. The Labute approximate surface area is 117 Å². The first-order chi connectivity index (χ1) is 7.93. The van der Waals surface area contributed by atoms with Gasteiger partial charge in [0.1, 0.15) is 4.90 Å². The lowest BCUT2D eigenvalue weighted by atomic mass is 10.3. The topological polar surface area (TPSA) is 63.4 Å². The van der Waals surface area contributed by atoms with E-state index in [0.29, 0.717) is 17.6 Å². The van der Waals surface area contributed by atoms with Crippen LogP contribution in [0.2, 0.25) is 0 Å². The van der Waals surface area contributed by atoms with Crippen LogP contribution in [0.5, 0.6) is 0 Å². The Kier molecular flexibility index (Phi) is 3.82. The highest BCUT2D eigenvalue weighted by Gasteiger charge is 2.30. The molecule has 0 bridgehead atoms. The summed E-state index contributed by atoms with van der Waals surface area (Å²) in [5.74, 6) is 0. The second-order valence-corrected chi connectivity index (χ2v) is 7.56. The van der Waals surface area contributed by atoms with Gasteiger partial charge in [0.25, 0.3) is 0 Å². The second-order valence-electron chi connectivity index (χ2n) is 3.92. The van der Waals surface area contributed by atoms with Gasteiger partial charge in [-0.2, -0.15) is 4.31 Å². The normalized spacial score (nSPS) is 17.5. The van der Waals surface area contributed by atoms with Crippen molar-refractivity contribution in [2.75, 3.05) is 18.8 Å². The van der Waals surface area contributed by atoms with E-state index < -0.39 is 10.0 Å². The molecule has 94 valence electrons. The van der Waals surface area contributed by atoms with E-state index in [0.717, 1.165) is 17.3 Å². The maximum absolute atomic E-state index is 12.4. The standard InChI is InChI=1S/C10H12Br2N2O2S/c11-7-5-8(12)10(9(13)6-7)17(15,16)14-3-1-2-4-14/h5-6H,1-4,13H2. The third-order valence-electron chi connectivity index (χ3n) is 2.70. The van der Waals surface area contributed by atoms with Gasteiger partial charge in [-0.05, 0) is 40.9 Å². The van der Waals surface area contributed by atoms with Crippen molar-refractivity contribution in [3.63, 3.8) is 0 Å². The number of nitrogens with two attached hydrogens (primary N) is 1. The van der Waals surface area contributed by atoms with Gasteiger partial charge in [-0.15, -0.1) is 0 Å². The minimum Gasteiger partial charge on any atom is -0.398 e. The number of anilines is 1. The average molecular weight is 384 g/mol. The van der Waals surface area contributed by atoms with Crippen molar-refractivity contribution < 1.29 is 8.42 Å².